The second-order valence-corrected chi connectivity index (χ2v) is 10.9. The highest BCUT2D eigenvalue weighted by molar-refractivity contribution is 8.33. The van der Waals surface area contributed by atoms with Gasteiger partial charge in [0.2, 0.25) is 0 Å². The number of thioether (sulfide) groups is 4. The molecular weight excluding hydrogens is 421 g/mol. The molecule has 0 aromatic rings. The van der Waals surface area contributed by atoms with Crippen molar-refractivity contribution in [3.05, 3.63) is 29.6 Å². The minimum atomic E-state index is -0.166. The van der Waals surface area contributed by atoms with Crippen molar-refractivity contribution in [3.63, 3.8) is 0 Å². The standard InChI is InChI=1S/C19H28O2S5/c20-17(16-15-25-19(26-16)18-23-13-14-24-18)21-11-9-7-5-3-1-2-4-6-8-10-12-22/h13-15,22H,1-12H2. The number of hydrogen-bond acceptors (Lipinski definition) is 7. The number of unbranched alkanes of at least 4 members (excludes halogenated alkanes) is 9. The molecule has 0 saturated heterocycles. The van der Waals surface area contributed by atoms with Crippen LogP contribution in [0.4, 0.5) is 0 Å². The first-order valence-electron chi connectivity index (χ1n) is 9.36. The minimum Gasteiger partial charge on any atom is -0.462 e. The van der Waals surface area contributed by atoms with Crippen molar-refractivity contribution in [2.24, 2.45) is 0 Å². The van der Waals surface area contributed by atoms with Crippen LogP contribution in [-0.4, -0.2) is 18.3 Å². The second kappa shape index (κ2) is 14.4. The summed E-state index contributed by atoms with van der Waals surface area (Å²) < 4.78 is 7.88. The van der Waals surface area contributed by atoms with Crippen molar-refractivity contribution >= 4 is 65.6 Å². The molecule has 0 unspecified atom stereocenters. The van der Waals surface area contributed by atoms with Crippen molar-refractivity contribution in [3.8, 4) is 0 Å². The summed E-state index contributed by atoms with van der Waals surface area (Å²) in [5.41, 5.74) is 0. The van der Waals surface area contributed by atoms with E-state index in [0.717, 1.165) is 23.5 Å². The van der Waals surface area contributed by atoms with Crippen LogP contribution in [0.1, 0.15) is 64.2 Å². The molecule has 2 rings (SSSR count). The molecule has 0 spiro atoms. The quantitative estimate of drug-likeness (QED) is 0.176. The zero-order valence-electron chi connectivity index (χ0n) is 15.1. The van der Waals surface area contributed by atoms with Crippen LogP contribution in [0.5, 0.6) is 0 Å². The van der Waals surface area contributed by atoms with Crippen molar-refractivity contribution < 1.29 is 9.53 Å². The van der Waals surface area contributed by atoms with E-state index in [-0.39, 0.29) is 5.97 Å². The van der Waals surface area contributed by atoms with Gasteiger partial charge in [-0.25, -0.2) is 4.79 Å². The van der Waals surface area contributed by atoms with Gasteiger partial charge >= 0.3 is 5.97 Å². The normalized spacial score (nSPS) is 16.4. The molecule has 146 valence electrons. The fraction of sp³-hybridized carbons (Fsp3) is 0.632. The molecule has 0 atom stereocenters. The van der Waals surface area contributed by atoms with E-state index < -0.39 is 0 Å². The molecule has 0 aliphatic carbocycles. The summed E-state index contributed by atoms with van der Waals surface area (Å²) in [5, 5.41) is 6.08. The van der Waals surface area contributed by atoms with Crippen LogP contribution in [0.15, 0.2) is 29.6 Å². The Morgan fingerprint density at radius 3 is 2.00 bits per heavy atom. The lowest BCUT2D eigenvalue weighted by atomic mass is 10.1. The third-order valence-electron chi connectivity index (χ3n) is 4.03. The Kier molecular flexibility index (Phi) is 12.6. The first-order valence-corrected chi connectivity index (χ1v) is 13.5. The van der Waals surface area contributed by atoms with Gasteiger partial charge in [-0.05, 0) is 34.8 Å². The van der Waals surface area contributed by atoms with Gasteiger partial charge in [-0.3, -0.25) is 0 Å². The molecule has 2 heterocycles. The summed E-state index contributed by atoms with van der Waals surface area (Å²) in [5.74, 6) is 0.855. The molecule has 0 aromatic carbocycles. The van der Waals surface area contributed by atoms with E-state index in [1.165, 1.54) is 59.8 Å². The van der Waals surface area contributed by atoms with E-state index in [1.54, 1.807) is 47.0 Å². The summed E-state index contributed by atoms with van der Waals surface area (Å²) in [4.78, 5) is 12.8. The van der Waals surface area contributed by atoms with Gasteiger partial charge in [-0.1, -0.05) is 98.4 Å². The van der Waals surface area contributed by atoms with Crippen LogP contribution in [0.2, 0.25) is 0 Å². The number of hydrogen-bond donors (Lipinski definition) is 1. The summed E-state index contributed by atoms with van der Waals surface area (Å²) in [7, 11) is 0. The monoisotopic (exact) mass is 448 g/mol. The van der Waals surface area contributed by atoms with Gasteiger partial charge in [0.05, 0.1) is 15.1 Å². The van der Waals surface area contributed by atoms with E-state index >= 15 is 0 Å². The average Bonchev–Trinajstić information content (AvgIpc) is 3.33. The largest absolute Gasteiger partial charge is 0.462 e. The van der Waals surface area contributed by atoms with Crippen molar-refractivity contribution in [1.82, 2.24) is 0 Å². The molecule has 0 N–H and O–H groups in total. The van der Waals surface area contributed by atoms with Crippen LogP contribution >= 0.6 is 59.7 Å². The van der Waals surface area contributed by atoms with Gasteiger partial charge in [0, 0.05) is 0 Å². The fourth-order valence-corrected chi connectivity index (χ4v) is 7.16. The molecule has 7 heteroatoms. The molecule has 26 heavy (non-hydrogen) atoms. The lowest BCUT2D eigenvalue weighted by molar-refractivity contribution is -0.138. The summed E-state index contributed by atoms with van der Waals surface area (Å²) in [6.07, 6.45) is 12.7. The topological polar surface area (TPSA) is 26.3 Å². The summed E-state index contributed by atoms with van der Waals surface area (Å²) >= 11 is 10.9. The molecule has 2 aliphatic rings. The maximum Gasteiger partial charge on any atom is 0.345 e. The number of carbonyl (C=O) groups is 1. The molecular formula is C19H28O2S5. The molecule has 2 aliphatic heterocycles. The van der Waals surface area contributed by atoms with E-state index in [0.29, 0.717) is 6.61 Å². The number of thiol groups is 1. The van der Waals surface area contributed by atoms with Crippen LogP contribution in [0.25, 0.3) is 0 Å². The maximum absolute atomic E-state index is 12.1. The van der Waals surface area contributed by atoms with Gasteiger partial charge < -0.3 is 4.74 Å². The Hall–Kier alpha value is 0.440. The van der Waals surface area contributed by atoms with E-state index in [1.807, 2.05) is 5.41 Å². The minimum absolute atomic E-state index is 0.166. The predicted molar refractivity (Wildman–Crippen MR) is 126 cm³/mol. The highest BCUT2D eigenvalue weighted by atomic mass is 32.2. The fourth-order valence-electron chi connectivity index (χ4n) is 2.60. The van der Waals surface area contributed by atoms with Crippen LogP contribution < -0.4 is 0 Å². The lowest BCUT2D eigenvalue weighted by Crippen LogP contribution is -2.06. The SMILES string of the molecule is O=C(OCCCCCCCCCCCCS)C1=CSC(=C2SC=CS2)S1. The molecule has 0 fully saturated rings. The highest BCUT2D eigenvalue weighted by Gasteiger charge is 2.23. The number of esters is 1. The van der Waals surface area contributed by atoms with Gasteiger partial charge in [-0.2, -0.15) is 12.6 Å². The second-order valence-electron chi connectivity index (χ2n) is 6.18. The molecule has 0 amide bonds. The maximum atomic E-state index is 12.1. The molecule has 0 aromatic heterocycles. The van der Waals surface area contributed by atoms with Gasteiger partial charge in [0.15, 0.2) is 0 Å². The van der Waals surface area contributed by atoms with Gasteiger partial charge in [-0.15, -0.1) is 0 Å². The zero-order valence-corrected chi connectivity index (χ0v) is 19.3. The van der Waals surface area contributed by atoms with Crippen molar-refractivity contribution in [2.75, 3.05) is 12.4 Å². The lowest BCUT2D eigenvalue weighted by Gasteiger charge is -2.05. The summed E-state index contributed by atoms with van der Waals surface area (Å²) in [6, 6.07) is 0. The third kappa shape index (κ3) is 9.09. The van der Waals surface area contributed by atoms with Gasteiger partial charge in [0.1, 0.15) is 4.91 Å². The van der Waals surface area contributed by atoms with Gasteiger partial charge in [0.25, 0.3) is 0 Å². The predicted octanol–water partition coefficient (Wildman–Crippen LogP) is 7.76. The first kappa shape index (κ1) is 22.7. The highest BCUT2D eigenvalue weighted by Crippen LogP contribution is 2.53. The Morgan fingerprint density at radius 1 is 0.808 bits per heavy atom. The summed E-state index contributed by atoms with van der Waals surface area (Å²) in [6.45, 7) is 0.544. The van der Waals surface area contributed by atoms with E-state index in [4.69, 9.17) is 4.74 Å². The number of carbonyl (C=O) groups excluding carboxylic acids is 1. The Balaban J connectivity index is 1.42. The Bertz CT molecular complexity index is 518. The number of ether oxygens (including phenoxy) is 1. The molecule has 0 saturated carbocycles. The van der Waals surface area contributed by atoms with Crippen LogP contribution in [0, 0.1) is 0 Å². The van der Waals surface area contributed by atoms with E-state index in [2.05, 4.69) is 23.4 Å². The molecule has 2 nitrogen and oxygen atoms in total. The Labute approximate surface area is 180 Å². The van der Waals surface area contributed by atoms with E-state index in [9.17, 15) is 4.79 Å². The zero-order chi connectivity index (χ0) is 18.5. The van der Waals surface area contributed by atoms with Crippen LogP contribution in [-0.2, 0) is 9.53 Å². The molecule has 0 radical (unpaired) electrons. The smallest absolute Gasteiger partial charge is 0.345 e. The third-order valence-corrected chi connectivity index (χ3v) is 9.35. The van der Waals surface area contributed by atoms with Crippen molar-refractivity contribution in [1.29, 1.82) is 0 Å². The number of rotatable bonds is 13. The van der Waals surface area contributed by atoms with Crippen molar-refractivity contribution in [2.45, 2.75) is 64.2 Å². The average molecular weight is 449 g/mol. The molecule has 0 bridgehead atoms. The van der Waals surface area contributed by atoms with Crippen LogP contribution in [0.3, 0.4) is 0 Å². The first-order chi connectivity index (χ1) is 12.8. The Morgan fingerprint density at radius 2 is 1.38 bits per heavy atom.